The van der Waals surface area contributed by atoms with Gasteiger partial charge in [0.25, 0.3) is 0 Å². The summed E-state index contributed by atoms with van der Waals surface area (Å²) in [5, 5.41) is 0. The standard InChI is InChI=1S/C18H23NOS/c1-17(2)13-9-10-18(17,3)16-15(13)20-14(19-16)11-21-12-7-5-4-6-8-12/h4-8,13,15-16H,9-11H2,1-3H3/t13?,15?,16-,18?/m1/s1. The average molecular weight is 301 g/mol. The molecule has 0 spiro atoms. The van der Waals surface area contributed by atoms with Crippen molar-refractivity contribution in [3.63, 3.8) is 0 Å². The van der Waals surface area contributed by atoms with Crippen LogP contribution in [0, 0.1) is 16.7 Å². The number of benzene rings is 1. The topological polar surface area (TPSA) is 21.6 Å². The van der Waals surface area contributed by atoms with Crippen LogP contribution in [0.4, 0.5) is 0 Å². The van der Waals surface area contributed by atoms with E-state index in [9.17, 15) is 0 Å². The minimum absolute atomic E-state index is 0.321. The van der Waals surface area contributed by atoms with Crippen LogP contribution in [0.25, 0.3) is 0 Å². The molecular weight excluding hydrogens is 278 g/mol. The molecule has 0 aromatic heterocycles. The maximum absolute atomic E-state index is 6.27. The number of thioether (sulfide) groups is 1. The third kappa shape index (κ3) is 1.82. The Bertz CT molecular complexity index is 582. The summed E-state index contributed by atoms with van der Waals surface area (Å²) in [6.07, 6.45) is 2.95. The van der Waals surface area contributed by atoms with Crippen LogP contribution in [0.15, 0.2) is 40.2 Å². The Morgan fingerprint density at radius 2 is 2.00 bits per heavy atom. The number of hydrogen-bond acceptors (Lipinski definition) is 3. The van der Waals surface area contributed by atoms with Crippen LogP contribution in [0.3, 0.4) is 0 Å². The first-order valence-electron chi connectivity index (χ1n) is 7.93. The normalized spacial score (nSPS) is 39.0. The number of ether oxygens (including phenoxy) is 1. The van der Waals surface area contributed by atoms with Crippen molar-refractivity contribution in [2.45, 2.75) is 50.7 Å². The molecule has 1 aromatic rings. The first-order valence-corrected chi connectivity index (χ1v) is 8.92. The number of rotatable bonds is 3. The van der Waals surface area contributed by atoms with E-state index in [0.717, 1.165) is 11.7 Å². The lowest BCUT2D eigenvalue weighted by atomic mass is 9.69. The second-order valence-electron chi connectivity index (χ2n) is 7.44. The van der Waals surface area contributed by atoms with E-state index in [1.54, 1.807) is 0 Å². The molecule has 0 N–H and O–H groups in total. The fourth-order valence-corrected chi connectivity index (χ4v) is 5.47. The first kappa shape index (κ1) is 13.7. The van der Waals surface area contributed by atoms with Gasteiger partial charge in [-0.2, -0.15) is 0 Å². The lowest BCUT2D eigenvalue weighted by Crippen LogP contribution is -2.36. The second-order valence-corrected chi connectivity index (χ2v) is 8.48. The van der Waals surface area contributed by atoms with Crippen molar-refractivity contribution in [3.05, 3.63) is 30.3 Å². The van der Waals surface area contributed by atoms with Crippen LogP contribution in [-0.4, -0.2) is 23.8 Å². The van der Waals surface area contributed by atoms with E-state index in [4.69, 9.17) is 9.73 Å². The number of aliphatic imine (C=N–C) groups is 1. The number of nitrogens with zero attached hydrogens (tertiary/aromatic N) is 1. The lowest BCUT2D eigenvalue weighted by Gasteiger charge is -2.36. The van der Waals surface area contributed by atoms with E-state index in [2.05, 4.69) is 51.1 Å². The van der Waals surface area contributed by atoms with Gasteiger partial charge in [-0.15, -0.1) is 11.8 Å². The van der Waals surface area contributed by atoms with Crippen LogP contribution in [-0.2, 0) is 4.74 Å². The van der Waals surface area contributed by atoms with Crippen LogP contribution in [0.2, 0.25) is 0 Å². The fourth-order valence-electron chi connectivity index (χ4n) is 4.69. The van der Waals surface area contributed by atoms with Crippen LogP contribution in [0.1, 0.15) is 33.6 Å². The van der Waals surface area contributed by atoms with Gasteiger partial charge in [-0.3, -0.25) is 0 Å². The number of fused-ring (bicyclic) bond motifs is 5. The van der Waals surface area contributed by atoms with Gasteiger partial charge in [0.05, 0.1) is 11.8 Å². The summed E-state index contributed by atoms with van der Waals surface area (Å²) in [6.45, 7) is 7.26. The SMILES string of the molecule is CC1(C)C2CCC1(C)[C@@H]1N=C(CSc3ccccc3)OC21. The molecule has 2 bridgehead atoms. The zero-order chi connectivity index (χ0) is 14.7. The molecule has 2 fully saturated rings. The summed E-state index contributed by atoms with van der Waals surface area (Å²) >= 11 is 1.82. The fraction of sp³-hybridized carbons (Fsp3) is 0.611. The molecule has 21 heavy (non-hydrogen) atoms. The van der Waals surface area contributed by atoms with Gasteiger partial charge in [0, 0.05) is 10.8 Å². The van der Waals surface area contributed by atoms with Crippen molar-refractivity contribution in [3.8, 4) is 0 Å². The second kappa shape index (κ2) is 4.52. The maximum Gasteiger partial charge on any atom is 0.194 e. The van der Waals surface area contributed by atoms with Crippen LogP contribution < -0.4 is 0 Å². The summed E-state index contributed by atoms with van der Waals surface area (Å²) in [5.41, 5.74) is 0.686. The molecule has 2 saturated carbocycles. The molecule has 3 heteroatoms. The highest BCUT2D eigenvalue weighted by Crippen LogP contribution is 2.68. The lowest BCUT2D eigenvalue weighted by molar-refractivity contribution is 0.115. The van der Waals surface area contributed by atoms with Gasteiger partial charge >= 0.3 is 0 Å². The minimum Gasteiger partial charge on any atom is -0.474 e. The van der Waals surface area contributed by atoms with Gasteiger partial charge in [-0.05, 0) is 35.8 Å². The van der Waals surface area contributed by atoms with E-state index in [1.165, 1.54) is 17.7 Å². The summed E-state index contributed by atoms with van der Waals surface area (Å²) < 4.78 is 6.27. The predicted octanol–water partition coefficient (Wildman–Crippen LogP) is 4.40. The van der Waals surface area contributed by atoms with Crippen LogP contribution >= 0.6 is 11.8 Å². The Hall–Kier alpha value is -0.960. The molecule has 3 unspecified atom stereocenters. The average Bonchev–Trinajstić information content (AvgIpc) is 3.04. The zero-order valence-electron chi connectivity index (χ0n) is 13.0. The van der Waals surface area contributed by atoms with E-state index in [-0.39, 0.29) is 0 Å². The monoisotopic (exact) mass is 301 g/mol. The zero-order valence-corrected chi connectivity index (χ0v) is 13.8. The highest BCUT2D eigenvalue weighted by molar-refractivity contribution is 8.00. The summed E-state index contributed by atoms with van der Waals surface area (Å²) in [7, 11) is 0. The molecular formula is C18H23NOS. The first-order chi connectivity index (χ1) is 10.0. The summed E-state index contributed by atoms with van der Waals surface area (Å²) in [4.78, 5) is 6.28. The van der Waals surface area contributed by atoms with E-state index < -0.39 is 0 Å². The van der Waals surface area contributed by atoms with Gasteiger partial charge in [0.15, 0.2) is 5.90 Å². The molecule has 0 radical (unpaired) electrons. The summed E-state index contributed by atoms with van der Waals surface area (Å²) in [5.74, 6) is 2.50. The molecule has 2 nitrogen and oxygen atoms in total. The summed E-state index contributed by atoms with van der Waals surface area (Å²) in [6, 6.07) is 10.9. The molecule has 112 valence electrons. The minimum atomic E-state index is 0.321. The van der Waals surface area contributed by atoms with Gasteiger partial charge in [0.2, 0.25) is 0 Å². The molecule has 1 aromatic carbocycles. The Morgan fingerprint density at radius 1 is 1.24 bits per heavy atom. The Kier molecular flexibility index (Phi) is 2.94. The van der Waals surface area contributed by atoms with Gasteiger partial charge in [-0.1, -0.05) is 39.0 Å². The van der Waals surface area contributed by atoms with Gasteiger partial charge in [-0.25, -0.2) is 4.99 Å². The quantitative estimate of drug-likeness (QED) is 0.772. The largest absolute Gasteiger partial charge is 0.474 e. The molecule has 4 rings (SSSR count). The van der Waals surface area contributed by atoms with Gasteiger partial charge < -0.3 is 4.74 Å². The van der Waals surface area contributed by atoms with E-state index in [0.29, 0.717) is 28.9 Å². The van der Waals surface area contributed by atoms with Gasteiger partial charge in [0.1, 0.15) is 6.10 Å². The smallest absolute Gasteiger partial charge is 0.194 e. The predicted molar refractivity (Wildman–Crippen MR) is 87.9 cm³/mol. The van der Waals surface area contributed by atoms with Crippen molar-refractivity contribution in [1.82, 2.24) is 0 Å². The number of hydrogen-bond donors (Lipinski definition) is 0. The molecule has 0 saturated heterocycles. The third-order valence-electron chi connectivity index (χ3n) is 6.39. The molecule has 3 aliphatic rings. The highest BCUT2D eigenvalue weighted by Gasteiger charge is 2.69. The van der Waals surface area contributed by atoms with Crippen molar-refractivity contribution in [2.75, 3.05) is 5.75 Å². The van der Waals surface area contributed by atoms with E-state index in [1.807, 2.05) is 11.8 Å². The Balaban J connectivity index is 1.50. The van der Waals surface area contributed by atoms with Crippen molar-refractivity contribution >= 4 is 17.7 Å². The van der Waals surface area contributed by atoms with Crippen LogP contribution in [0.5, 0.6) is 0 Å². The van der Waals surface area contributed by atoms with E-state index >= 15 is 0 Å². The third-order valence-corrected chi connectivity index (χ3v) is 7.39. The van der Waals surface area contributed by atoms with Crippen molar-refractivity contribution in [2.24, 2.45) is 21.7 Å². The van der Waals surface area contributed by atoms with Crippen molar-refractivity contribution in [1.29, 1.82) is 0 Å². The molecule has 1 aliphatic heterocycles. The van der Waals surface area contributed by atoms with Crippen molar-refractivity contribution < 1.29 is 4.74 Å². The molecule has 2 aliphatic carbocycles. The maximum atomic E-state index is 6.27. The molecule has 0 amide bonds. The molecule has 4 atom stereocenters. The Labute approximate surface area is 131 Å². The highest BCUT2D eigenvalue weighted by atomic mass is 32.2. The molecule has 1 heterocycles. The Morgan fingerprint density at radius 3 is 2.71 bits per heavy atom.